The zero-order valence-electron chi connectivity index (χ0n) is 17.4. The number of benzene rings is 2. The molecule has 0 N–H and O–H groups in total. The molecule has 0 atom stereocenters. The van der Waals surface area contributed by atoms with Crippen LogP contribution in [0, 0.1) is 6.92 Å². The monoisotopic (exact) mass is 402 g/mol. The molecule has 1 aliphatic rings. The first-order valence-corrected chi connectivity index (χ1v) is 10.6. The molecule has 5 rings (SSSR count). The van der Waals surface area contributed by atoms with E-state index in [1.165, 1.54) is 0 Å². The molecule has 0 amide bonds. The molecule has 4 aromatic rings. The number of para-hydroxylation sites is 3. The fraction of sp³-hybridized carbons (Fsp3) is 0.333. The van der Waals surface area contributed by atoms with Crippen molar-refractivity contribution in [1.82, 2.24) is 14.6 Å². The molecule has 154 valence electrons. The van der Waals surface area contributed by atoms with Crippen molar-refractivity contribution in [3.05, 3.63) is 60.3 Å². The van der Waals surface area contributed by atoms with Crippen molar-refractivity contribution >= 4 is 22.4 Å². The van der Waals surface area contributed by atoms with Gasteiger partial charge in [0.1, 0.15) is 11.9 Å². The van der Waals surface area contributed by atoms with Gasteiger partial charge in [0.15, 0.2) is 17.1 Å². The maximum Gasteiger partial charge on any atom is 0.161 e. The van der Waals surface area contributed by atoms with Gasteiger partial charge in [0, 0.05) is 37.4 Å². The standard InChI is InChI=1S/C24H26N4O2/c1-3-29-21-10-6-7-11-22(21)30-18-12-14-27(15-13-18)24-19-8-4-5-9-20(19)28-23(25-24)16-17(2)26-28/h4-11,16,18H,3,12-15H2,1-2H3. The Morgan fingerprint density at radius 1 is 1.00 bits per heavy atom. The molecule has 1 aliphatic heterocycles. The van der Waals surface area contributed by atoms with Gasteiger partial charge in [-0.3, -0.25) is 0 Å². The van der Waals surface area contributed by atoms with Crippen LogP contribution in [0.15, 0.2) is 54.6 Å². The highest BCUT2D eigenvalue weighted by Gasteiger charge is 2.24. The third-order valence-electron chi connectivity index (χ3n) is 5.59. The first-order chi connectivity index (χ1) is 14.7. The van der Waals surface area contributed by atoms with Crippen LogP contribution in [0.3, 0.4) is 0 Å². The number of ether oxygens (including phenoxy) is 2. The molecule has 3 heterocycles. The first-order valence-electron chi connectivity index (χ1n) is 10.6. The van der Waals surface area contributed by atoms with Crippen molar-refractivity contribution in [1.29, 1.82) is 0 Å². The maximum absolute atomic E-state index is 6.30. The van der Waals surface area contributed by atoms with Crippen molar-refractivity contribution in [3.8, 4) is 11.5 Å². The Labute approximate surface area is 176 Å². The Balaban J connectivity index is 1.37. The minimum Gasteiger partial charge on any atom is -0.490 e. The molecule has 30 heavy (non-hydrogen) atoms. The summed E-state index contributed by atoms with van der Waals surface area (Å²) in [6, 6.07) is 18.3. The zero-order valence-corrected chi connectivity index (χ0v) is 17.4. The molecular weight excluding hydrogens is 376 g/mol. The third-order valence-corrected chi connectivity index (χ3v) is 5.59. The molecule has 2 aromatic carbocycles. The maximum atomic E-state index is 6.30. The lowest BCUT2D eigenvalue weighted by Crippen LogP contribution is -2.39. The van der Waals surface area contributed by atoms with E-state index in [0.29, 0.717) is 6.61 Å². The molecule has 0 saturated carbocycles. The quantitative estimate of drug-likeness (QED) is 0.487. The van der Waals surface area contributed by atoms with Crippen LogP contribution in [-0.4, -0.2) is 40.4 Å². The average molecular weight is 402 g/mol. The van der Waals surface area contributed by atoms with E-state index in [1.807, 2.05) is 48.7 Å². The van der Waals surface area contributed by atoms with Crippen LogP contribution in [0.2, 0.25) is 0 Å². The molecular formula is C24H26N4O2. The van der Waals surface area contributed by atoms with E-state index in [4.69, 9.17) is 14.5 Å². The van der Waals surface area contributed by atoms with E-state index < -0.39 is 0 Å². The summed E-state index contributed by atoms with van der Waals surface area (Å²) in [4.78, 5) is 7.33. The summed E-state index contributed by atoms with van der Waals surface area (Å²) in [5.74, 6) is 2.68. The Hall–Kier alpha value is -3.28. The highest BCUT2D eigenvalue weighted by Crippen LogP contribution is 2.32. The molecule has 0 aliphatic carbocycles. The molecule has 0 radical (unpaired) electrons. The number of anilines is 1. The van der Waals surface area contributed by atoms with Gasteiger partial charge in [-0.2, -0.15) is 5.10 Å². The second-order valence-corrected chi connectivity index (χ2v) is 7.69. The minimum absolute atomic E-state index is 0.176. The fourth-order valence-corrected chi connectivity index (χ4v) is 4.19. The number of hydrogen-bond acceptors (Lipinski definition) is 5. The summed E-state index contributed by atoms with van der Waals surface area (Å²) < 4.78 is 13.9. The Kier molecular flexibility index (Phi) is 4.91. The van der Waals surface area contributed by atoms with Gasteiger partial charge >= 0.3 is 0 Å². The number of hydrogen-bond donors (Lipinski definition) is 0. The average Bonchev–Trinajstić information content (AvgIpc) is 3.16. The van der Waals surface area contributed by atoms with E-state index in [2.05, 4.69) is 34.3 Å². The van der Waals surface area contributed by atoms with Gasteiger partial charge in [0.25, 0.3) is 0 Å². The predicted octanol–water partition coefficient (Wildman–Crippen LogP) is 4.64. The smallest absolute Gasteiger partial charge is 0.161 e. The lowest BCUT2D eigenvalue weighted by atomic mass is 10.1. The molecule has 0 bridgehead atoms. The van der Waals surface area contributed by atoms with Gasteiger partial charge in [0.2, 0.25) is 0 Å². The van der Waals surface area contributed by atoms with Gasteiger partial charge in [-0.05, 0) is 38.1 Å². The SMILES string of the molecule is CCOc1ccccc1OC1CCN(c2nc3cc(C)nn3c3ccccc23)CC1. The van der Waals surface area contributed by atoms with Crippen molar-refractivity contribution in [2.75, 3.05) is 24.6 Å². The topological polar surface area (TPSA) is 51.9 Å². The molecule has 6 nitrogen and oxygen atoms in total. The van der Waals surface area contributed by atoms with Gasteiger partial charge in [-0.25, -0.2) is 9.50 Å². The van der Waals surface area contributed by atoms with Crippen molar-refractivity contribution in [2.24, 2.45) is 0 Å². The summed E-state index contributed by atoms with van der Waals surface area (Å²) >= 11 is 0. The summed E-state index contributed by atoms with van der Waals surface area (Å²) in [6.07, 6.45) is 2.06. The Morgan fingerprint density at radius 3 is 2.53 bits per heavy atom. The molecule has 0 unspecified atom stereocenters. The van der Waals surface area contributed by atoms with E-state index in [1.54, 1.807) is 0 Å². The lowest BCUT2D eigenvalue weighted by molar-refractivity contribution is 0.162. The van der Waals surface area contributed by atoms with Gasteiger partial charge in [-0.15, -0.1) is 0 Å². The summed E-state index contributed by atoms with van der Waals surface area (Å²) in [5, 5.41) is 5.75. The van der Waals surface area contributed by atoms with Crippen LogP contribution in [0.25, 0.3) is 16.6 Å². The highest BCUT2D eigenvalue weighted by molar-refractivity contribution is 5.91. The molecule has 2 aromatic heterocycles. The molecule has 6 heteroatoms. The van der Waals surface area contributed by atoms with Gasteiger partial charge in [0.05, 0.1) is 17.8 Å². The van der Waals surface area contributed by atoms with Crippen molar-refractivity contribution in [3.63, 3.8) is 0 Å². The second-order valence-electron chi connectivity index (χ2n) is 7.69. The third kappa shape index (κ3) is 3.43. The second kappa shape index (κ2) is 7.86. The van der Waals surface area contributed by atoms with E-state index in [9.17, 15) is 0 Å². The molecule has 0 spiro atoms. The first kappa shape index (κ1) is 18.7. The highest BCUT2D eigenvalue weighted by atomic mass is 16.5. The number of aryl methyl sites for hydroxylation is 1. The Morgan fingerprint density at radius 2 is 1.73 bits per heavy atom. The van der Waals surface area contributed by atoms with Crippen LogP contribution < -0.4 is 14.4 Å². The summed E-state index contributed by atoms with van der Waals surface area (Å²) in [6.45, 7) is 6.44. The van der Waals surface area contributed by atoms with Crippen LogP contribution in [0.1, 0.15) is 25.5 Å². The van der Waals surface area contributed by atoms with Crippen LogP contribution in [-0.2, 0) is 0 Å². The summed E-state index contributed by atoms with van der Waals surface area (Å²) in [7, 11) is 0. The lowest BCUT2D eigenvalue weighted by Gasteiger charge is -2.33. The van der Waals surface area contributed by atoms with E-state index >= 15 is 0 Å². The van der Waals surface area contributed by atoms with Gasteiger partial charge in [-0.1, -0.05) is 24.3 Å². The normalized spacial score (nSPS) is 15.1. The van der Waals surface area contributed by atoms with E-state index in [0.717, 1.165) is 65.5 Å². The van der Waals surface area contributed by atoms with Crippen LogP contribution in [0.4, 0.5) is 5.82 Å². The number of piperidine rings is 1. The van der Waals surface area contributed by atoms with Crippen LogP contribution in [0.5, 0.6) is 11.5 Å². The largest absolute Gasteiger partial charge is 0.490 e. The van der Waals surface area contributed by atoms with Gasteiger partial charge < -0.3 is 14.4 Å². The molecule has 1 fully saturated rings. The van der Waals surface area contributed by atoms with E-state index in [-0.39, 0.29) is 6.10 Å². The van der Waals surface area contributed by atoms with Crippen LogP contribution >= 0.6 is 0 Å². The number of aromatic nitrogens is 3. The minimum atomic E-state index is 0.176. The van der Waals surface area contributed by atoms with Crippen molar-refractivity contribution < 1.29 is 9.47 Å². The van der Waals surface area contributed by atoms with Crippen molar-refractivity contribution in [2.45, 2.75) is 32.8 Å². The number of rotatable bonds is 5. The Bertz CT molecular complexity index is 1180. The predicted molar refractivity (Wildman–Crippen MR) is 119 cm³/mol. The molecule has 1 saturated heterocycles. The number of fused-ring (bicyclic) bond motifs is 3. The summed E-state index contributed by atoms with van der Waals surface area (Å²) in [5.41, 5.74) is 2.96. The zero-order chi connectivity index (χ0) is 20.5. The number of nitrogens with zero attached hydrogens (tertiary/aromatic N) is 4. The fourth-order valence-electron chi connectivity index (χ4n) is 4.19.